The largest absolute Gasteiger partial charge is 0.371 e. The zero-order chi connectivity index (χ0) is 22.2. The van der Waals surface area contributed by atoms with Gasteiger partial charge in [-0.15, -0.1) is 0 Å². The lowest BCUT2D eigenvalue weighted by atomic mass is 9.81. The summed E-state index contributed by atoms with van der Waals surface area (Å²) in [5.41, 5.74) is 2.17. The number of nitrogens with zero attached hydrogens (tertiary/aromatic N) is 4. The van der Waals surface area contributed by atoms with Gasteiger partial charge in [0.2, 0.25) is 5.91 Å². The van der Waals surface area contributed by atoms with Crippen LogP contribution in [0.2, 0.25) is 0 Å². The van der Waals surface area contributed by atoms with Gasteiger partial charge in [0.05, 0.1) is 23.8 Å². The summed E-state index contributed by atoms with van der Waals surface area (Å²) in [6.07, 6.45) is 13.2. The number of rotatable bonds is 6. The van der Waals surface area contributed by atoms with Crippen molar-refractivity contribution < 1.29 is 9.18 Å². The van der Waals surface area contributed by atoms with Crippen LogP contribution >= 0.6 is 0 Å². The van der Waals surface area contributed by atoms with E-state index in [0.717, 1.165) is 42.8 Å². The number of anilines is 2. The van der Waals surface area contributed by atoms with Gasteiger partial charge in [-0.2, -0.15) is 0 Å². The minimum atomic E-state index is -0.379. The zero-order valence-corrected chi connectivity index (χ0v) is 18.4. The van der Waals surface area contributed by atoms with Crippen LogP contribution in [0.15, 0.2) is 42.8 Å². The summed E-state index contributed by atoms with van der Waals surface area (Å²) in [5, 5.41) is 2.90. The maximum atomic E-state index is 13.5. The molecule has 2 aliphatic carbocycles. The minimum absolute atomic E-state index is 0.0632. The number of carbonyl (C=O) groups excluding carboxylic acids is 1. The quantitative estimate of drug-likeness (QED) is 0.759. The van der Waals surface area contributed by atoms with Gasteiger partial charge in [0.1, 0.15) is 17.5 Å². The van der Waals surface area contributed by atoms with E-state index in [1.54, 1.807) is 13.0 Å². The fourth-order valence-corrected chi connectivity index (χ4v) is 4.68. The minimum Gasteiger partial charge on any atom is -0.371 e. The summed E-state index contributed by atoms with van der Waals surface area (Å²) < 4.78 is 13.5. The Bertz CT molecular complexity index is 1070. The van der Waals surface area contributed by atoms with Crippen LogP contribution in [0.25, 0.3) is 0 Å². The van der Waals surface area contributed by atoms with Crippen molar-refractivity contribution in [1.29, 1.82) is 0 Å². The van der Waals surface area contributed by atoms with Crippen molar-refractivity contribution in [3.05, 3.63) is 65.7 Å². The average molecular weight is 422 g/mol. The van der Waals surface area contributed by atoms with E-state index in [9.17, 15) is 9.18 Å². The van der Waals surface area contributed by atoms with E-state index in [1.165, 1.54) is 0 Å². The molecular formula is C24H28FN5O. The van der Waals surface area contributed by atoms with Gasteiger partial charge in [-0.1, -0.05) is 24.3 Å². The van der Waals surface area contributed by atoms with Gasteiger partial charge in [0.15, 0.2) is 0 Å². The Hall–Kier alpha value is -3.09. The SMILES string of the molecule is Cc1ncc(N(C)C[C@@]2(C3C=CC=CC3)C[C@H]2C(=O)Nc2cc(C)c(F)cn2)c(C)n1. The molecule has 0 aliphatic heterocycles. The molecule has 6 nitrogen and oxygen atoms in total. The molecule has 7 heteroatoms. The fraction of sp³-hybridized carbons (Fsp3) is 0.417. The maximum absolute atomic E-state index is 13.5. The monoisotopic (exact) mass is 421 g/mol. The van der Waals surface area contributed by atoms with Crippen LogP contribution in [0.5, 0.6) is 0 Å². The topological polar surface area (TPSA) is 71.0 Å². The van der Waals surface area contributed by atoms with Gasteiger partial charge in [0, 0.05) is 24.9 Å². The van der Waals surface area contributed by atoms with Crippen molar-refractivity contribution in [3.63, 3.8) is 0 Å². The highest BCUT2D eigenvalue weighted by atomic mass is 19.1. The summed E-state index contributed by atoms with van der Waals surface area (Å²) >= 11 is 0. The molecule has 3 atom stereocenters. The van der Waals surface area contributed by atoms with Crippen LogP contribution in [-0.2, 0) is 4.79 Å². The van der Waals surface area contributed by atoms with E-state index in [4.69, 9.17) is 0 Å². The van der Waals surface area contributed by atoms with Gasteiger partial charge >= 0.3 is 0 Å². The van der Waals surface area contributed by atoms with E-state index >= 15 is 0 Å². The third-order valence-electron chi connectivity index (χ3n) is 6.47. The molecule has 1 unspecified atom stereocenters. The van der Waals surface area contributed by atoms with Gasteiger partial charge < -0.3 is 10.2 Å². The van der Waals surface area contributed by atoms with Crippen LogP contribution in [0, 0.1) is 43.8 Å². The number of amides is 1. The predicted molar refractivity (Wildman–Crippen MR) is 119 cm³/mol. The van der Waals surface area contributed by atoms with Crippen molar-refractivity contribution in [1.82, 2.24) is 15.0 Å². The molecule has 0 aromatic carbocycles. The van der Waals surface area contributed by atoms with E-state index in [2.05, 4.69) is 49.5 Å². The smallest absolute Gasteiger partial charge is 0.229 e. The Morgan fingerprint density at radius 3 is 2.74 bits per heavy atom. The maximum Gasteiger partial charge on any atom is 0.229 e. The number of nitrogens with one attached hydrogen (secondary N) is 1. The van der Waals surface area contributed by atoms with Gasteiger partial charge in [0.25, 0.3) is 0 Å². The number of pyridine rings is 1. The molecule has 4 rings (SSSR count). The first-order valence-electron chi connectivity index (χ1n) is 10.6. The van der Waals surface area contributed by atoms with E-state index < -0.39 is 0 Å². The summed E-state index contributed by atoms with van der Waals surface area (Å²) in [7, 11) is 2.03. The molecule has 162 valence electrons. The van der Waals surface area contributed by atoms with E-state index in [1.807, 2.05) is 27.1 Å². The predicted octanol–water partition coefficient (Wildman–Crippen LogP) is 4.15. The number of hydrogen-bond acceptors (Lipinski definition) is 5. The first-order valence-corrected chi connectivity index (χ1v) is 10.6. The molecule has 2 aromatic heterocycles. The summed E-state index contributed by atoms with van der Waals surface area (Å²) in [5.74, 6) is 0.817. The summed E-state index contributed by atoms with van der Waals surface area (Å²) in [4.78, 5) is 28.1. The number of hydrogen-bond donors (Lipinski definition) is 1. The van der Waals surface area contributed by atoms with Crippen LogP contribution in [0.1, 0.15) is 29.9 Å². The van der Waals surface area contributed by atoms with Gasteiger partial charge in [-0.3, -0.25) is 4.79 Å². The summed E-state index contributed by atoms with van der Waals surface area (Å²) in [6.45, 7) is 6.24. The molecule has 0 bridgehead atoms. The molecule has 1 N–H and O–H groups in total. The highest BCUT2D eigenvalue weighted by molar-refractivity contribution is 5.94. The van der Waals surface area contributed by atoms with Crippen LogP contribution < -0.4 is 10.2 Å². The highest BCUT2D eigenvalue weighted by Crippen LogP contribution is 2.60. The Morgan fingerprint density at radius 2 is 2.06 bits per heavy atom. The molecule has 0 spiro atoms. The molecular weight excluding hydrogens is 393 g/mol. The second-order valence-corrected chi connectivity index (χ2v) is 8.70. The van der Waals surface area contributed by atoms with Crippen LogP contribution in [0.3, 0.4) is 0 Å². The standard InChI is InChI=1S/C24H28FN5O/c1-15-10-22(27-12-20(15)25)29-23(31)19-11-24(19,18-8-6-5-7-9-18)14-30(4)21-13-26-17(3)28-16(21)2/h5-8,10,12-13,18-19H,9,11,14H2,1-4H3,(H,27,29,31)/t18?,19-,24+/m0/s1. The second-order valence-electron chi connectivity index (χ2n) is 8.70. The van der Waals surface area contributed by atoms with Crippen molar-refractivity contribution in [2.24, 2.45) is 17.3 Å². The Labute approximate surface area is 182 Å². The molecule has 1 amide bonds. The van der Waals surface area contributed by atoms with Crippen molar-refractivity contribution >= 4 is 17.4 Å². The Balaban J connectivity index is 1.55. The second kappa shape index (κ2) is 8.21. The summed E-state index contributed by atoms with van der Waals surface area (Å²) in [6, 6.07) is 1.57. The third-order valence-corrected chi connectivity index (χ3v) is 6.47. The van der Waals surface area contributed by atoms with Crippen LogP contribution in [0.4, 0.5) is 15.9 Å². The van der Waals surface area contributed by atoms with E-state index in [-0.39, 0.29) is 29.0 Å². The third kappa shape index (κ3) is 4.22. The molecule has 2 heterocycles. The molecule has 1 saturated carbocycles. The zero-order valence-electron chi connectivity index (χ0n) is 18.4. The van der Waals surface area contributed by atoms with Crippen molar-refractivity contribution in [2.75, 3.05) is 23.8 Å². The lowest BCUT2D eigenvalue weighted by Gasteiger charge is -2.32. The molecule has 1 fully saturated rings. The van der Waals surface area contributed by atoms with Crippen molar-refractivity contribution in [3.8, 4) is 0 Å². The molecule has 2 aliphatic rings. The van der Waals surface area contributed by atoms with Crippen molar-refractivity contribution in [2.45, 2.75) is 33.6 Å². The van der Waals surface area contributed by atoms with Gasteiger partial charge in [-0.25, -0.2) is 19.3 Å². The normalized spacial score (nSPS) is 24.2. The van der Waals surface area contributed by atoms with Crippen LogP contribution in [-0.4, -0.2) is 34.5 Å². The first kappa shape index (κ1) is 21.2. The Morgan fingerprint density at radius 1 is 1.26 bits per heavy atom. The molecule has 0 radical (unpaired) electrons. The molecule has 0 saturated heterocycles. The van der Waals surface area contributed by atoms with Gasteiger partial charge in [-0.05, 0) is 51.2 Å². The fourth-order valence-electron chi connectivity index (χ4n) is 4.68. The lowest BCUT2D eigenvalue weighted by molar-refractivity contribution is -0.118. The molecule has 31 heavy (non-hydrogen) atoms. The number of aromatic nitrogens is 3. The number of halogens is 1. The average Bonchev–Trinajstić information content (AvgIpc) is 3.47. The lowest BCUT2D eigenvalue weighted by Crippen LogP contribution is -2.35. The first-order chi connectivity index (χ1) is 14.8. The highest BCUT2D eigenvalue weighted by Gasteiger charge is 2.61. The number of allylic oxidation sites excluding steroid dienone is 4. The number of carbonyl (C=O) groups is 1. The molecule has 2 aromatic rings. The Kier molecular flexibility index (Phi) is 5.60. The number of aryl methyl sites for hydroxylation is 3. The van der Waals surface area contributed by atoms with E-state index in [0.29, 0.717) is 11.4 Å².